The van der Waals surface area contributed by atoms with Crippen LogP contribution < -0.4 is 10.2 Å². The molecular formula is C21H24F2N4O2S. The predicted molar refractivity (Wildman–Crippen MR) is 110 cm³/mol. The first-order chi connectivity index (χ1) is 14.4. The number of fused-ring (bicyclic) bond motifs is 1. The summed E-state index contributed by atoms with van der Waals surface area (Å²) in [7, 11) is 0. The number of benzene rings is 1. The van der Waals surface area contributed by atoms with Gasteiger partial charge in [-0.15, -0.1) is 11.3 Å². The van der Waals surface area contributed by atoms with E-state index in [9.17, 15) is 18.4 Å². The lowest BCUT2D eigenvalue weighted by Crippen LogP contribution is -2.48. The highest BCUT2D eigenvalue weighted by Crippen LogP contribution is 2.34. The summed E-state index contributed by atoms with van der Waals surface area (Å²) in [4.78, 5) is 34.0. The number of carbonyl (C=O) groups is 2. The van der Waals surface area contributed by atoms with E-state index >= 15 is 0 Å². The third kappa shape index (κ3) is 4.45. The van der Waals surface area contributed by atoms with E-state index in [2.05, 4.69) is 10.2 Å². The lowest BCUT2D eigenvalue weighted by atomic mass is 9.90. The number of carbonyl (C=O) groups excluding carboxylic acids is 2. The average Bonchev–Trinajstić information content (AvgIpc) is 3.17. The van der Waals surface area contributed by atoms with Crippen molar-refractivity contribution in [2.24, 2.45) is 5.92 Å². The van der Waals surface area contributed by atoms with Crippen LogP contribution in [0.25, 0.3) is 0 Å². The molecule has 0 radical (unpaired) electrons. The van der Waals surface area contributed by atoms with Crippen molar-refractivity contribution in [3.8, 4) is 0 Å². The van der Waals surface area contributed by atoms with Crippen molar-refractivity contribution in [2.75, 3.05) is 31.1 Å². The molecule has 1 atom stereocenters. The number of aromatic nitrogens is 1. The maximum Gasteiger partial charge on any atom is 0.223 e. The molecule has 30 heavy (non-hydrogen) atoms. The Morgan fingerprint density at radius 3 is 2.73 bits per heavy atom. The standard InChI is InChI=1S/C21H24F2N4O2S/c1-13(28)26-6-8-27(9-7-26)21-25-18-5-2-14(11-19(18)30-21)20(29)24-12-15-10-16(22)3-4-17(15)23/h3-4,10,14H,2,5-9,11-12H2,1H3,(H,24,29)/t14-/m0/s1. The van der Waals surface area contributed by atoms with E-state index in [1.54, 1.807) is 18.3 Å². The quantitative estimate of drug-likeness (QED) is 0.803. The van der Waals surface area contributed by atoms with Gasteiger partial charge in [0.1, 0.15) is 11.6 Å². The molecule has 2 aliphatic rings. The van der Waals surface area contributed by atoms with Crippen LogP contribution in [0.3, 0.4) is 0 Å². The highest BCUT2D eigenvalue weighted by molar-refractivity contribution is 7.15. The number of halogens is 2. The molecule has 1 saturated heterocycles. The minimum absolute atomic E-state index is 0.0276. The largest absolute Gasteiger partial charge is 0.352 e. The van der Waals surface area contributed by atoms with Crippen LogP contribution in [-0.2, 0) is 29.0 Å². The highest BCUT2D eigenvalue weighted by atomic mass is 32.1. The number of nitrogens with zero attached hydrogens (tertiary/aromatic N) is 3. The Bertz CT molecular complexity index is 956. The maximum atomic E-state index is 13.8. The lowest BCUT2D eigenvalue weighted by Gasteiger charge is -2.33. The number of hydrogen-bond acceptors (Lipinski definition) is 5. The molecule has 0 unspecified atom stereocenters. The van der Waals surface area contributed by atoms with Crippen LogP contribution in [-0.4, -0.2) is 47.9 Å². The summed E-state index contributed by atoms with van der Waals surface area (Å²) in [5.41, 5.74) is 1.19. The molecule has 2 amide bonds. The summed E-state index contributed by atoms with van der Waals surface area (Å²) < 4.78 is 27.1. The summed E-state index contributed by atoms with van der Waals surface area (Å²) in [6, 6.07) is 3.24. The third-order valence-electron chi connectivity index (χ3n) is 5.76. The molecule has 160 valence electrons. The normalized spacial score (nSPS) is 18.8. The van der Waals surface area contributed by atoms with Gasteiger partial charge in [-0.25, -0.2) is 13.8 Å². The van der Waals surface area contributed by atoms with E-state index in [1.165, 1.54) is 0 Å². The van der Waals surface area contributed by atoms with Crippen molar-refractivity contribution in [3.05, 3.63) is 46.0 Å². The summed E-state index contributed by atoms with van der Waals surface area (Å²) in [5, 5.41) is 3.69. The molecule has 2 heterocycles. The molecule has 9 heteroatoms. The van der Waals surface area contributed by atoms with Gasteiger partial charge < -0.3 is 15.1 Å². The van der Waals surface area contributed by atoms with Crippen molar-refractivity contribution in [2.45, 2.75) is 32.7 Å². The summed E-state index contributed by atoms with van der Waals surface area (Å²) >= 11 is 1.61. The van der Waals surface area contributed by atoms with Crippen LogP contribution in [0.15, 0.2) is 18.2 Å². The Morgan fingerprint density at radius 1 is 1.23 bits per heavy atom. The summed E-state index contributed by atoms with van der Waals surface area (Å²) in [5.74, 6) is -1.30. The summed E-state index contributed by atoms with van der Waals surface area (Å²) in [6.45, 7) is 4.47. The molecule has 1 aliphatic carbocycles. The van der Waals surface area contributed by atoms with Crippen molar-refractivity contribution >= 4 is 28.3 Å². The molecule has 0 saturated carbocycles. The van der Waals surface area contributed by atoms with Crippen molar-refractivity contribution < 1.29 is 18.4 Å². The number of hydrogen-bond donors (Lipinski definition) is 1. The molecule has 1 aromatic heterocycles. The molecule has 4 rings (SSSR count). The number of piperazine rings is 1. The molecule has 2 aromatic rings. The SMILES string of the molecule is CC(=O)N1CCN(c2nc3c(s2)C[C@@H](C(=O)NCc2cc(F)ccc2F)CC3)CC1. The third-order valence-corrected chi connectivity index (χ3v) is 6.94. The van der Waals surface area contributed by atoms with E-state index < -0.39 is 11.6 Å². The Balaban J connectivity index is 1.35. The van der Waals surface area contributed by atoms with Gasteiger partial charge in [-0.05, 0) is 37.5 Å². The van der Waals surface area contributed by atoms with Crippen molar-refractivity contribution in [1.82, 2.24) is 15.2 Å². The van der Waals surface area contributed by atoms with Gasteiger partial charge >= 0.3 is 0 Å². The minimum Gasteiger partial charge on any atom is -0.352 e. The zero-order valence-corrected chi connectivity index (χ0v) is 17.6. The van der Waals surface area contributed by atoms with Crippen LogP contribution in [0.1, 0.15) is 29.5 Å². The number of aryl methyl sites for hydroxylation is 1. The predicted octanol–water partition coefficient (Wildman–Crippen LogP) is 2.51. The minimum atomic E-state index is -0.528. The van der Waals surface area contributed by atoms with Gasteiger partial charge in [0.2, 0.25) is 11.8 Å². The first kappa shape index (κ1) is 20.7. The Hall–Kier alpha value is -2.55. The van der Waals surface area contributed by atoms with E-state index in [0.717, 1.165) is 53.4 Å². The van der Waals surface area contributed by atoms with Crippen molar-refractivity contribution in [1.29, 1.82) is 0 Å². The topological polar surface area (TPSA) is 65.5 Å². The van der Waals surface area contributed by atoms with Gasteiger partial charge in [-0.2, -0.15) is 0 Å². The van der Waals surface area contributed by atoms with Gasteiger partial charge in [0.05, 0.1) is 5.69 Å². The van der Waals surface area contributed by atoms with E-state index in [1.807, 2.05) is 4.90 Å². The second-order valence-corrected chi connectivity index (χ2v) is 8.81. The van der Waals surface area contributed by atoms with E-state index in [-0.39, 0.29) is 29.8 Å². The number of anilines is 1. The number of rotatable bonds is 4. The second-order valence-electron chi connectivity index (χ2n) is 7.75. The Morgan fingerprint density at radius 2 is 2.00 bits per heavy atom. The van der Waals surface area contributed by atoms with E-state index in [0.29, 0.717) is 25.9 Å². The van der Waals surface area contributed by atoms with Crippen LogP contribution in [0, 0.1) is 17.6 Å². The fourth-order valence-corrected chi connectivity index (χ4v) is 5.18. The van der Waals surface area contributed by atoms with Gasteiger partial charge in [0.15, 0.2) is 5.13 Å². The molecule has 1 fully saturated rings. The smallest absolute Gasteiger partial charge is 0.223 e. The first-order valence-electron chi connectivity index (χ1n) is 10.1. The van der Waals surface area contributed by atoms with Gasteiger partial charge in [0.25, 0.3) is 0 Å². The molecule has 1 aromatic carbocycles. The Kier molecular flexibility index (Phi) is 5.99. The van der Waals surface area contributed by atoms with Gasteiger partial charge in [0, 0.05) is 56.0 Å². The number of thiazole rings is 1. The first-order valence-corrected chi connectivity index (χ1v) is 10.9. The van der Waals surface area contributed by atoms with Crippen LogP contribution >= 0.6 is 11.3 Å². The summed E-state index contributed by atoms with van der Waals surface area (Å²) in [6.07, 6.45) is 2.02. The fourth-order valence-electron chi connectivity index (χ4n) is 3.94. The molecule has 6 nitrogen and oxygen atoms in total. The lowest BCUT2D eigenvalue weighted by molar-refractivity contribution is -0.129. The maximum absolute atomic E-state index is 13.8. The average molecular weight is 435 g/mol. The van der Waals surface area contributed by atoms with Crippen LogP contribution in [0.2, 0.25) is 0 Å². The van der Waals surface area contributed by atoms with Crippen LogP contribution in [0.5, 0.6) is 0 Å². The Labute approximate surface area is 177 Å². The zero-order chi connectivity index (χ0) is 21.3. The zero-order valence-electron chi connectivity index (χ0n) is 16.8. The second kappa shape index (κ2) is 8.67. The molecule has 1 N–H and O–H groups in total. The molecule has 0 bridgehead atoms. The van der Waals surface area contributed by atoms with Gasteiger partial charge in [-0.1, -0.05) is 0 Å². The number of nitrogens with one attached hydrogen (secondary N) is 1. The fraction of sp³-hybridized carbons (Fsp3) is 0.476. The molecule has 0 spiro atoms. The molecular weight excluding hydrogens is 410 g/mol. The molecule has 1 aliphatic heterocycles. The van der Waals surface area contributed by atoms with E-state index in [4.69, 9.17) is 4.98 Å². The van der Waals surface area contributed by atoms with Crippen LogP contribution in [0.4, 0.5) is 13.9 Å². The number of amides is 2. The monoisotopic (exact) mass is 434 g/mol. The van der Waals surface area contributed by atoms with Gasteiger partial charge in [-0.3, -0.25) is 9.59 Å². The van der Waals surface area contributed by atoms with Crippen molar-refractivity contribution in [3.63, 3.8) is 0 Å². The highest BCUT2D eigenvalue weighted by Gasteiger charge is 2.29.